The monoisotopic (exact) mass is 538 g/mol. The number of carbonyl (C=O) groups is 1. The van der Waals surface area contributed by atoms with Crippen LogP contribution in [0.25, 0.3) is 32.4 Å². The molecule has 6 rings (SSSR count). The molecule has 1 aliphatic rings. The summed E-state index contributed by atoms with van der Waals surface area (Å²) in [6, 6.07) is 25.6. The summed E-state index contributed by atoms with van der Waals surface area (Å²) in [5.41, 5.74) is 4.00. The summed E-state index contributed by atoms with van der Waals surface area (Å²) in [5, 5.41) is 1.52. The molecule has 0 unspecified atom stereocenters. The SMILES string of the molecule is COc1ccc2sc(N(CCCN3CCOCC3)C(=O)c3cc(-c4ccccc4)nc4ccccc34)nc2c1. The molecule has 1 fully saturated rings. The van der Waals surface area contributed by atoms with E-state index < -0.39 is 0 Å². The average Bonchev–Trinajstić information content (AvgIpc) is 3.42. The molecule has 3 aromatic carbocycles. The van der Waals surface area contributed by atoms with Crippen molar-refractivity contribution in [2.75, 3.05) is 51.4 Å². The van der Waals surface area contributed by atoms with Crippen molar-refractivity contribution in [1.29, 1.82) is 0 Å². The first kappa shape index (κ1) is 25.4. The summed E-state index contributed by atoms with van der Waals surface area (Å²) in [5.74, 6) is 0.677. The van der Waals surface area contributed by atoms with Crippen LogP contribution < -0.4 is 9.64 Å². The Labute approximate surface area is 231 Å². The minimum atomic E-state index is -0.0706. The molecule has 1 saturated heterocycles. The number of morpholine rings is 1. The number of ether oxygens (including phenoxy) is 2. The van der Waals surface area contributed by atoms with E-state index in [1.807, 2.05) is 83.8 Å². The molecule has 39 heavy (non-hydrogen) atoms. The molecule has 8 heteroatoms. The predicted octanol–water partition coefficient (Wildman–Crippen LogP) is 5.89. The van der Waals surface area contributed by atoms with Crippen molar-refractivity contribution >= 4 is 43.5 Å². The molecule has 0 saturated carbocycles. The van der Waals surface area contributed by atoms with Crippen molar-refractivity contribution < 1.29 is 14.3 Å². The molecule has 0 atom stereocenters. The maximum Gasteiger partial charge on any atom is 0.260 e. The highest BCUT2D eigenvalue weighted by atomic mass is 32.1. The summed E-state index contributed by atoms with van der Waals surface area (Å²) in [6.07, 6.45) is 0.833. The van der Waals surface area contributed by atoms with Crippen LogP contribution in [0.15, 0.2) is 78.9 Å². The van der Waals surface area contributed by atoms with Gasteiger partial charge in [0.25, 0.3) is 5.91 Å². The Morgan fingerprint density at radius 3 is 2.59 bits per heavy atom. The number of benzene rings is 3. The molecule has 0 aliphatic carbocycles. The van der Waals surface area contributed by atoms with Gasteiger partial charge in [-0.25, -0.2) is 9.97 Å². The topological polar surface area (TPSA) is 67.8 Å². The van der Waals surface area contributed by atoms with Crippen LogP contribution in [0.4, 0.5) is 5.13 Å². The first-order valence-electron chi connectivity index (χ1n) is 13.2. The molecule has 1 aliphatic heterocycles. The van der Waals surface area contributed by atoms with Gasteiger partial charge in [-0.2, -0.15) is 0 Å². The van der Waals surface area contributed by atoms with E-state index in [1.165, 1.54) is 11.3 Å². The van der Waals surface area contributed by atoms with Crippen LogP contribution in [0.5, 0.6) is 5.75 Å². The van der Waals surface area contributed by atoms with Crippen molar-refractivity contribution in [3.8, 4) is 17.0 Å². The van der Waals surface area contributed by atoms with Gasteiger partial charge in [-0.15, -0.1) is 0 Å². The number of rotatable bonds is 8. The van der Waals surface area contributed by atoms with E-state index in [0.717, 1.165) is 77.4 Å². The second-order valence-electron chi connectivity index (χ2n) is 9.53. The highest BCUT2D eigenvalue weighted by Gasteiger charge is 2.25. The zero-order valence-corrected chi connectivity index (χ0v) is 22.7. The number of fused-ring (bicyclic) bond motifs is 2. The molecule has 0 bridgehead atoms. The lowest BCUT2D eigenvalue weighted by Crippen LogP contribution is -2.39. The molecule has 2 aromatic heterocycles. The second-order valence-corrected chi connectivity index (χ2v) is 10.5. The van der Waals surface area contributed by atoms with Crippen molar-refractivity contribution in [3.63, 3.8) is 0 Å². The summed E-state index contributed by atoms with van der Waals surface area (Å²) in [4.78, 5) is 28.4. The maximum absolute atomic E-state index is 14.4. The number of hydrogen-bond donors (Lipinski definition) is 0. The molecule has 1 amide bonds. The highest BCUT2D eigenvalue weighted by molar-refractivity contribution is 7.22. The van der Waals surface area contributed by atoms with Crippen molar-refractivity contribution in [3.05, 3.63) is 84.4 Å². The van der Waals surface area contributed by atoms with Gasteiger partial charge in [-0.1, -0.05) is 59.9 Å². The van der Waals surface area contributed by atoms with E-state index >= 15 is 0 Å². The molecular formula is C31H30N4O3S. The largest absolute Gasteiger partial charge is 0.497 e. The van der Waals surface area contributed by atoms with E-state index in [1.54, 1.807) is 7.11 Å². The Morgan fingerprint density at radius 1 is 0.974 bits per heavy atom. The van der Waals surface area contributed by atoms with Gasteiger partial charge in [-0.3, -0.25) is 14.6 Å². The predicted molar refractivity (Wildman–Crippen MR) is 157 cm³/mol. The summed E-state index contributed by atoms with van der Waals surface area (Å²) in [6.45, 7) is 4.82. The minimum Gasteiger partial charge on any atom is -0.497 e. The quantitative estimate of drug-likeness (QED) is 0.245. The molecular weight excluding hydrogens is 508 g/mol. The lowest BCUT2D eigenvalue weighted by Gasteiger charge is -2.28. The number of thiazole rings is 1. The summed E-state index contributed by atoms with van der Waals surface area (Å²) in [7, 11) is 1.65. The molecule has 0 spiro atoms. The third-order valence-electron chi connectivity index (χ3n) is 7.04. The van der Waals surface area contributed by atoms with E-state index in [0.29, 0.717) is 17.2 Å². The van der Waals surface area contributed by atoms with Crippen LogP contribution in [-0.4, -0.2) is 67.3 Å². The number of carbonyl (C=O) groups excluding carboxylic acids is 1. The standard InChI is InChI=1S/C31H30N4O3S/c1-37-23-12-13-29-28(20-23)33-31(39-29)35(15-7-14-34-16-18-38-19-17-34)30(36)25-21-27(22-8-3-2-4-9-22)32-26-11-6-5-10-24(25)26/h2-6,8-13,20-21H,7,14-19H2,1H3. The van der Waals surface area contributed by atoms with Crippen molar-refractivity contribution in [2.24, 2.45) is 0 Å². The zero-order valence-electron chi connectivity index (χ0n) is 21.9. The fourth-order valence-electron chi connectivity index (χ4n) is 4.95. The van der Waals surface area contributed by atoms with E-state index in [-0.39, 0.29) is 5.91 Å². The number of para-hydroxylation sites is 1. The van der Waals surface area contributed by atoms with Crippen molar-refractivity contribution in [2.45, 2.75) is 6.42 Å². The summed E-state index contributed by atoms with van der Waals surface area (Å²) >= 11 is 1.53. The second kappa shape index (κ2) is 11.5. The Kier molecular flexibility index (Phi) is 7.49. The van der Waals surface area contributed by atoms with Crippen molar-refractivity contribution in [1.82, 2.24) is 14.9 Å². The van der Waals surface area contributed by atoms with Gasteiger partial charge in [-0.05, 0) is 30.7 Å². The Hall–Kier alpha value is -3.85. The van der Waals surface area contributed by atoms with Crippen LogP contribution in [0.1, 0.15) is 16.8 Å². The molecule has 3 heterocycles. The highest BCUT2D eigenvalue weighted by Crippen LogP contribution is 2.33. The van der Waals surface area contributed by atoms with E-state index in [4.69, 9.17) is 19.4 Å². The number of anilines is 1. The van der Waals surface area contributed by atoms with Gasteiger partial charge in [0.2, 0.25) is 0 Å². The van der Waals surface area contributed by atoms with Gasteiger partial charge in [0.15, 0.2) is 5.13 Å². The van der Waals surface area contributed by atoms with E-state index in [9.17, 15) is 4.79 Å². The van der Waals surface area contributed by atoms with Gasteiger partial charge in [0.1, 0.15) is 5.75 Å². The number of aromatic nitrogens is 2. The lowest BCUT2D eigenvalue weighted by atomic mass is 10.0. The van der Waals surface area contributed by atoms with Crippen LogP contribution in [0.2, 0.25) is 0 Å². The first-order chi connectivity index (χ1) is 19.2. The smallest absolute Gasteiger partial charge is 0.260 e. The number of pyridine rings is 1. The number of methoxy groups -OCH3 is 1. The Morgan fingerprint density at radius 2 is 1.77 bits per heavy atom. The third-order valence-corrected chi connectivity index (χ3v) is 8.09. The Bertz CT molecular complexity index is 1600. The minimum absolute atomic E-state index is 0.0706. The number of hydrogen-bond acceptors (Lipinski definition) is 7. The number of amides is 1. The number of nitrogens with zero attached hydrogens (tertiary/aromatic N) is 4. The Balaban J connectivity index is 1.39. The fraction of sp³-hybridized carbons (Fsp3) is 0.258. The molecule has 0 radical (unpaired) electrons. The maximum atomic E-state index is 14.4. The van der Waals surface area contributed by atoms with E-state index in [2.05, 4.69) is 4.90 Å². The fourth-order valence-corrected chi connectivity index (χ4v) is 5.92. The third kappa shape index (κ3) is 5.49. The van der Waals surface area contributed by atoms with Gasteiger partial charge in [0.05, 0.1) is 47.3 Å². The average molecular weight is 539 g/mol. The molecule has 0 N–H and O–H groups in total. The zero-order chi connectivity index (χ0) is 26.6. The van der Waals surface area contributed by atoms with Crippen LogP contribution in [-0.2, 0) is 4.74 Å². The first-order valence-corrected chi connectivity index (χ1v) is 14.0. The van der Waals surface area contributed by atoms with Crippen LogP contribution >= 0.6 is 11.3 Å². The van der Waals surface area contributed by atoms with Crippen LogP contribution in [0, 0.1) is 0 Å². The molecule has 198 valence electrons. The van der Waals surface area contributed by atoms with Gasteiger partial charge < -0.3 is 9.47 Å². The van der Waals surface area contributed by atoms with Crippen LogP contribution in [0.3, 0.4) is 0 Å². The molecule has 7 nitrogen and oxygen atoms in total. The molecule has 5 aromatic rings. The summed E-state index contributed by atoms with van der Waals surface area (Å²) < 4.78 is 11.9. The van der Waals surface area contributed by atoms with Gasteiger partial charge in [0, 0.05) is 43.2 Å². The normalized spacial score (nSPS) is 14.1. The van der Waals surface area contributed by atoms with Gasteiger partial charge >= 0.3 is 0 Å². The lowest BCUT2D eigenvalue weighted by molar-refractivity contribution is 0.0376.